The van der Waals surface area contributed by atoms with Crippen LogP contribution in [0, 0.1) is 6.92 Å². The molecule has 3 heterocycles. The topological polar surface area (TPSA) is 175 Å². The quantitative estimate of drug-likeness (QED) is 0.0539. The van der Waals surface area contributed by atoms with Gasteiger partial charge in [-0.2, -0.15) is 19.9 Å². The summed E-state index contributed by atoms with van der Waals surface area (Å²) in [4.78, 5) is 51.2. The number of allylic oxidation sites excluding steroid dienone is 1. The van der Waals surface area contributed by atoms with Crippen LogP contribution in [0.3, 0.4) is 0 Å². The molecule has 0 radical (unpaired) electrons. The number of hydrogen-bond acceptors (Lipinski definition) is 15. The van der Waals surface area contributed by atoms with Gasteiger partial charge in [0.25, 0.3) is 5.91 Å². The van der Waals surface area contributed by atoms with Gasteiger partial charge in [0.1, 0.15) is 28.5 Å². The molecule has 8 rings (SSSR count). The van der Waals surface area contributed by atoms with Crippen LogP contribution in [0.4, 0.5) is 0 Å². The highest BCUT2D eigenvalue weighted by molar-refractivity contribution is 6.30. The molecule has 0 spiro atoms. The standard InChI is InChI=1S/C32H27N5O8.C21H22ClNO2/c1-39-24-18-25(40-2)34-31(33-24)43-22-16-11-17-23(44-32-35-26(41-3)19-27(36-32)42-4)28(22)30(38)45-37-29(20-12-7-5-8-13-20)21-14-9-6-10-15-21;1-14-10-17(12-18(22)11-14)21(3,4)23-13-25-15(2)19(20(23)24)16-8-6-5-7-9-16/h5-19H,1-4H3;5-12H,13H2,1-4H3. The van der Waals surface area contributed by atoms with Gasteiger partial charge in [0.2, 0.25) is 23.5 Å². The summed E-state index contributed by atoms with van der Waals surface area (Å²) in [5.74, 6) is 0.335. The van der Waals surface area contributed by atoms with Crippen molar-refractivity contribution < 1.29 is 47.6 Å². The number of ether oxygens (including phenoxy) is 7. The molecule has 70 heavy (non-hydrogen) atoms. The number of carbonyl (C=O) groups excluding carboxylic acids is 2. The van der Waals surface area contributed by atoms with E-state index in [2.05, 4.69) is 31.2 Å². The first-order chi connectivity index (χ1) is 33.8. The van der Waals surface area contributed by atoms with Crippen LogP contribution in [0.5, 0.6) is 47.0 Å². The maximum atomic E-state index is 13.9. The Kier molecular flexibility index (Phi) is 15.9. The zero-order chi connectivity index (χ0) is 49.8. The Balaban J connectivity index is 0.000000243. The van der Waals surface area contributed by atoms with E-state index in [9.17, 15) is 9.59 Å². The smallest absolute Gasteiger partial charge is 0.373 e. The number of methoxy groups -OCH3 is 4. The zero-order valence-corrected chi connectivity index (χ0v) is 40.4. The average Bonchev–Trinajstić information content (AvgIpc) is 3.37. The van der Waals surface area contributed by atoms with E-state index in [0.29, 0.717) is 22.1 Å². The summed E-state index contributed by atoms with van der Waals surface area (Å²) >= 11 is 6.24. The Morgan fingerprint density at radius 1 is 0.643 bits per heavy atom. The lowest BCUT2D eigenvalue weighted by molar-refractivity contribution is -0.139. The number of hydrogen-bond donors (Lipinski definition) is 0. The summed E-state index contributed by atoms with van der Waals surface area (Å²) in [6, 6.07) is 41.3. The van der Waals surface area contributed by atoms with Gasteiger partial charge >= 0.3 is 18.0 Å². The van der Waals surface area contributed by atoms with Gasteiger partial charge < -0.3 is 38.0 Å². The fourth-order valence-corrected chi connectivity index (χ4v) is 7.41. The Labute approximate surface area is 410 Å². The summed E-state index contributed by atoms with van der Waals surface area (Å²) in [6.07, 6.45) is 0. The maximum absolute atomic E-state index is 13.9. The van der Waals surface area contributed by atoms with Crippen LogP contribution in [0.25, 0.3) is 5.57 Å². The number of aryl methyl sites for hydroxylation is 1. The van der Waals surface area contributed by atoms with Crippen LogP contribution in [0.1, 0.15) is 58.9 Å². The molecule has 0 unspecified atom stereocenters. The van der Waals surface area contributed by atoms with Gasteiger partial charge in [-0.1, -0.05) is 120 Å². The van der Waals surface area contributed by atoms with Crippen LogP contribution in [0.2, 0.25) is 5.02 Å². The summed E-state index contributed by atoms with van der Waals surface area (Å²) < 4.78 is 38.7. The van der Waals surface area contributed by atoms with Gasteiger partial charge in [0, 0.05) is 16.1 Å². The third kappa shape index (κ3) is 11.8. The molecule has 0 bridgehead atoms. The van der Waals surface area contributed by atoms with Gasteiger partial charge in [-0.3, -0.25) is 9.69 Å². The van der Waals surface area contributed by atoms with Crippen molar-refractivity contribution in [3.05, 3.63) is 184 Å². The molecule has 0 saturated carbocycles. The van der Waals surface area contributed by atoms with Gasteiger partial charge in [0.05, 0.1) is 51.7 Å². The van der Waals surface area contributed by atoms with Crippen LogP contribution < -0.4 is 28.4 Å². The van der Waals surface area contributed by atoms with Crippen molar-refractivity contribution in [3.8, 4) is 47.0 Å². The first-order valence-electron chi connectivity index (χ1n) is 21.6. The molecule has 0 aliphatic carbocycles. The van der Waals surface area contributed by atoms with E-state index in [4.69, 9.17) is 49.6 Å². The van der Waals surface area contributed by atoms with Crippen molar-refractivity contribution in [1.82, 2.24) is 24.8 Å². The lowest BCUT2D eigenvalue weighted by Gasteiger charge is -2.42. The lowest BCUT2D eigenvalue weighted by atomic mass is 9.89. The number of amides is 1. The van der Waals surface area contributed by atoms with Crippen LogP contribution in [0.15, 0.2) is 150 Å². The molecule has 7 aromatic rings. The number of benzene rings is 5. The highest BCUT2D eigenvalue weighted by Crippen LogP contribution is 2.38. The van der Waals surface area contributed by atoms with Crippen molar-refractivity contribution >= 4 is 34.8 Å². The van der Waals surface area contributed by atoms with Crippen molar-refractivity contribution in [2.75, 3.05) is 35.2 Å². The SMILES string of the molecule is CC1=C(c2ccccc2)C(=O)N(C(C)(C)c2cc(C)cc(Cl)c2)CO1.COc1cc(OC)nc(Oc2cccc(Oc3nc(OC)cc(OC)n3)c2C(=O)ON=C(c2ccccc2)c2ccccc2)n1. The molecule has 1 amide bonds. The second kappa shape index (κ2) is 22.5. The Morgan fingerprint density at radius 2 is 1.11 bits per heavy atom. The molecule has 358 valence electrons. The zero-order valence-electron chi connectivity index (χ0n) is 39.6. The summed E-state index contributed by atoms with van der Waals surface area (Å²) in [5, 5.41) is 4.93. The summed E-state index contributed by atoms with van der Waals surface area (Å²) in [7, 11) is 5.72. The molecule has 0 saturated heterocycles. The van der Waals surface area contributed by atoms with Crippen LogP contribution in [-0.4, -0.2) is 77.6 Å². The normalized spacial score (nSPS) is 12.1. The van der Waals surface area contributed by atoms with E-state index >= 15 is 0 Å². The molecule has 0 fully saturated rings. The van der Waals surface area contributed by atoms with Crippen molar-refractivity contribution in [2.45, 2.75) is 33.2 Å². The van der Waals surface area contributed by atoms with Crippen LogP contribution >= 0.6 is 11.6 Å². The number of aromatic nitrogens is 4. The first kappa shape index (κ1) is 49.4. The van der Waals surface area contributed by atoms with E-state index < -0.39 is 11.5 Å². The minimum atomic E-state index is -0.922. The van der Waals surface area contributed by atoms with E-state index in [1.54, 1.807) is 11.0 Å². The highest BCUT2D eigenvalue weighted by Gasteiger charge is 2.38. The van der Waals surface area contributed by atoms with Gasteiger partial charge in [0.15, 0.2) is 6.73 Å². The van der Waals surface area contributed by atoms with E-state index in [-0.39, 0.29) is 65.2 Å². The van der Waals surface area contributed by atoms with Crippen LogP contribution in [-0.2, 0) is 19.9 Å². The largest absolute Gasteiger partial charge is 0.481 e. The Bertz CT molecular complexity index is 2850. The third-order valence-electron chi connectivity index (χ3n) is 10.8. The van der Waals surface area contributed by atoms with E-state index in [1.165, 1.54) is 52.7 Å². The number of rotatable bonds is 15. The van der Waals surface area contributed by atoms with Gasteiger partial charge in [-0.25, -0.2) is 4.79 Å². The number of halogens is 1. The van der Waals surface area contributed by atoms with Crippen molar-refractivity contribution in [2.24, 2.45) is 5.16 Å². The molecule has 17 heteroatoms. The van der Waals surface area contributed by atoms with Gasteiger partial charge in [-0.15, -0.1) is 0 Å². The average molecular weight is 965 g/mol. The van der Waals surface area contributed by atoms with Crippen molar-refractivity contribution in [3.63, 3.8) is 0 Å². The second-order valence-electron chi connectivity index (χ2n) is 15.7. The minimum Gasteiger partial charge on any atom is -0.481 e. The van der Waals surface area contributed by atoms with Crippen molar-refractivity contribution in [1.29, 1.82) is 0 Å². The highest BCUT2D eigenvalue weighted by atomic mass is 35.5. The Morgan fingerprint density at radius 3 is 1.57 bits per heavy atom. The third-order valence-corrected chi connectivity index (χ3v) is 11.0. The van der Waals surface area contributed by atoms with E-state index in [0.717, 1.165) is 27.8 Å². The summed E-state index contributed by atoms with van der Waals surface area (Å²) in [5.41, 5.74) is 4.69. The molecular weight excluding hydrogens is 916 g/mol. The number of carbonyl (C=O) groups is 2. The number of oxime groups is 1. The second-order valence-corrected chi connectivity index (χ2v) is 16.2. The molecule has 1 aliphatic rings. The molecule has 1 aliphatic heterocycles. The van der Waals surface area contributed by atoms with E-state index in [1.807, 2.05) is 131 Å². The monoisotopic (exact) mass is 964 g/mol. The lowest BCUT2D eigenvalue weighted by Crippen LogP contribution is -2.49. The predicted molar refractivity (Wildman–Crippen MR) is 262 cm³/mol. The molecule has 16 nitrogen and oxygen atoms in total. The summed E-state index contributed by atoms with van der Waals surface area (Å²) in [6.45, 7) is 8.10. The minimum absolute atomic E-state index is 0.0289. The molecule has 0 atom stereocenters. The molecular formula is C53H49ClN6O10. The Hall–Kier alpha value is -8.50. The fraction of sp³-hybridized carbons (Fsp3) is 0.189. The maximum Gasteiger partial charge on any atom is 0.373 e. The van der Waals surface area contributed by atoms with Gasteiger partial charge in [-0.05, 0) is 68.7 Å². The predicted octanol–water partition coefficient (Wildman–Crippen LogP) is 10.6. The molecule has 2 aromatic heterocycles. The fourth-order valence-electron chi connectivity index (χ4n) is 7.12. The molecule has 5 aromatic carbocycles. The number of nitrogens with zero attached hydrogens (tertiary/aromatic N) is 6. The molecule has 0 N–H and O–H groups in total. The first-order valence-corrected chi connectivity index (χ1v) is 22.0.